The molecule has 4 rings (SSSR count). The molecule has 0 spiro atoms. The van der Waals surface area contributed by atoms with Crippen LogP contribution in [0, 0.1) is 6.92 Å². The van der Waals surface area contributed by atoms with Gasteiger partial charge in [-0.05, 0) is 79.5 Å². The molecule has 2 aliphatic heterocycles. The number of carbonyl (C=O) groups is 2. The lowest BCUT2D eigenvalue weighted by Crippen LogP contribution is -2.54. The zero-order valence-corrected chi connectivity index (χ0v) is 18.6. The highest BCUT2D eigenvalue weighted by Crippen LogP contribution is 2.32. The second-order valence-electron chi connectivity index (χ2n) is 7.29. The van der Waals surface area contributed by atoms with Gasteiger partial charge in [0.05, 0.1) is 10.7 Å². The van der Waals surface area contributed by atoms with Crippen LogP contribution in [-0.4, -0.2) is 30.0 Å². The number of aryl methyl sites for hydroxylation is 1. The molecule has 0 aliphatic carbocycles. The van der Waals surface area contributed by atoms with Crippen LogP contribution in [0.15, 0.2) is 42.0 Å². The van der Waals surface area contributed by atoms with E-state index < -0.39 is 11.8 Å². The first-order chi connectivity index (χ1) is 14.3. The predicted octanol–water partition coefficient (Wildman–Crippen LogP) is 4.73. The van der Waals surface area contributed by atoms with Crippen LogP contribution in [0.4, 0.5) is 11.4 Å². The van der Waals surface area contributed by atoms with E-state index >= 15 is 0 Å². The molecule has 0 atom stereocenters. The number of hydrogen-bond donors (Lipinski definition) is 1. The Kier molecular flexibility index (Phi) is 5.82. The van der Waals surface area contributed by atoms with E-state index in [1.54, 1.807) is 18.2 Å². The highest BCUT2D eigenvalue weighted by Gasteiger charge is 2.35. The van der Waals surface area contributed by atoms with Crippen LogP contribution in [0.5, 0.6) is 0 Å². The molecule has 154 valence electrons. The average Bonchev–Trinajstić information content (AvgIpc) is 3.22. The Balaban J connectivity index is 1.69. The number of nitrogens with zero attached hydrogens (tertiary/aromatic N) is 2. The third-order valence-corrected chi connectivity index (χ3v) is 6.10. The first-order valence-electron chi connectivity index (χ1n) is 9.57. The lowest BCUT2D eigenvalue weighted by molar-refractivity contribution is -0.122. The summed E-state index contributed by atoms with van der Waals surface area (Å²) in [6.07, 6.45) is 3.99. The summed E-state index contributed by atoms with van der Waals surface area (Å²) in [5.74, 6) is -1.06. The fourth-order valence-corrected chi connectivity index (χ4v) is 4.46. The molecule has 1 N–H and O–H groups in total. The second-order valence-corrected chi connectivity index (χ2v) is 8.52. The number of rotatable bonds is 3. The third kappa shape index (κ3) is 3.95. The Labute approximate surface area is 190 Å². The maximum absolute atomic E-state index is 13.2. The number of nitrogens with one attached hydrogen (secondary N) is 1. The van der Waals surface area contributed by atoms with Gasteiger partial charge < -0.3 is 4.90 Å². The second kappa shape index (κ2) is 8.38. The quantitative estimate of drug-likeness (QED) is 0.409. The number of halogens is 2. The van der Waals surface area contributed by atoms with Gasteiger partial charge in [-0.1, -0.05) is 29.3 Å². The number of amides is 2. The molecule has 2 aromatic carbocycles. The van der Waals surface area contributed by atoms with Crippen molar-refractivity contribution in [1.29, 1.82) is 0 Å². The highest BCUT2D eigenvalue weighted by atomic mass is 35.5. The first-order valence-corrected chi connectivity index (χ1v) is 10.7. The van der Waals surface area contributed by atoms with Crippen LogP contribution >= 0.6 is 35.4 Å². The Morgan fingerprint density at radius 2 is 1.80 bits per heavy atom. The summed E-state index contributed by atoms with van der Waals surface area (Å²) in [5, 5.41) is 3.26. The lowest BCUT2D eigenvalue weighted by Gasteiger charge is -2.29. The van der Waals surface area contributed by atoms with Gasteiger partial charge in [-0.15, -0.1) is 0 Å². The minimum Gasteiger partial charge on any atom is -0.372 e. The van der Waals surface area contributed by atoms with E-state index in [2.05, 4.69) is 16.3 Å². The van der Waals surface area contributed by atoms with Crippen molar-refractivity contribution in [2.24, 2.45) is 0 Å². The van der Waals surface area contributed by atoms with Crippen molar-refractivity contribution >= 4 is 69.8 Å². The smallest absolute Gasteiger partial charge is 0.270 e. The van der Waals surface area contributed by atoms with Gasteiger partial charge in [0.25, 0.3) is 11.8 Å². The summed E-state index contributed by atoms with van der Waals surface area (Å²) < 4.78 is 0. The van der Waals surface area contributed by atoms with Crippen molar-refractivity contribution in [3.8, 4) is 0 Å². The zero-order valence-electron chi connectivity index (χ0n) is 16.2. The van der Waals surface area contributed by atoms with Crippen LogP contribution < -0.4 is 15.1 Å². The monoisotopic (exact) mass is 459 g/mol. The zero-order chi connectivity index (χ0) is 21.4. The Hall–Kier alpha value is -2.41. The van der Waals surface area contributed by atoms with Crippen LogP contribution in [0.2, 0.25) is 10.0 Å². The Morgan fingerprint density at radius 3 is 2.47 bits per heavy atom. The summed E-state index contributed by atoms with van der Waals surface area (Å²) in [5.41, 5.74) is 3.29. The molecule has 2 aromatic rings. The molecule has 2 saturated heterocycles. The molecule has 0 aromatic heterocycles. The summed E-state index contributed by atoms with van der Waals surface area (Å²) in [7, 11) is 0. The van der Waals surface area contributed by atoms with Crippen LogP contribution in [-0.2, 0) is 9.59 Å². The van der Waals surface area contributed by atoms with Gasteiger partial charge in [0.2, 0.25) is 0 Å². The van der Waals surface area contributed by atoms with Crippen LogP contribution in [0.25, 0.3) is 6.08 Å². The summed E-state index contributed by atoms with van der Waals surface area (Å²) in [6.45, 7) is 4.07. The maximum atomic E-state index is 13.2. The standard InChI is InChI=1S/C22H19Cl2N3O2S/c1-13-10-16(26-8-2-3-9-26)6-4-14(13)11-17-20(28)25-22(30)27(21(17)29)19-7-5-15(23)12-18(19)24/h4-7,10-12H,2-3,8-9H2,1H3,(H,25,28,30). The molecular weight excluding hydrogens is 441 g/mol. The molecule has 0 saturated carbocycles. The molecule has 2 aliphatic rings. The number of hydrogen-bond acceptors (Lipinski definition) is 4. The molecule has 0 radical (unpaired) electrons. The van der Waals surface area contributed by atoms with E-state index in [1.165, 1.54) is 23.8 Å². The normalized spacial score (nSPS) is 18.4. The molecule has 0 bridgehead atoms. The van der Waals surface area contributed by atoms with Crippen molar-refractivity contribution in [3.63, 3.8) is 0 Å². The van der Waals surface area contributed by atoms with Crippen molar-refractivity contribution in [2.75, 3.05) is 22.9 Å². The fourth-order valence-electron chi connectivity index (χ4n) is 3.69. The molecule has 2 heterocycles. The summed E-state index contributed by atoms with van der Waals surface area (Å²) in [4.78, 5) is 29.3. The van der Waals surface area contributed by atoms with Gasteiger partial charge in [-0.25, -0.2) is 0 Å². The lowest BCUT2D eigenvalue weighted by atomic mass is 10.0. The van der Waals surface area contributed by atoms with Gasteiger partial charge in [-0.2, -0.15) is 0 Å². The van der Waals surface area contributed by atoms with E-state index in [-0.39, 0.29) is 15.7 Å². The molecule has 0 unspecified atom stereocenters. The average molecular weight is 460 g/mol. The largest absolute Gasteiger partial charge is 0.372 e. The molecular formula is C22H19Cl2N3O2S. The minimum atomic E-state index is -0.533. The van der Waals surface area contributed by atoms with Crippen molar-refractivity contribution in [2.45, 2.75) is 19.8 Å². The Morgan fingerprint density at radius 1 is 1.07 bits per heavy atom. The number of carbonyl (C=O) groups excluding carboxylic acids is 2. The topological polar surface area (TPSA) is 52.7 Å². The SMILES string of the molecule is Cc1cc(N2CCCC2)ccc1C=C1C(=O)NC(=S)N(c2ccc(Cl)cc2Cl)C1=O. The summed E-state index contributed by atoms with van der Waals surface area (Å²) >= 11 is 17.5. The number of benzene rings is 2. The van der Waals surface area contributed by atoms with Crippen LogP contribution in [0.3, 0.4) is 0 Å². The molecule has 8 heteroatoms. The van der Waals surface area contributed by atoms with E-state index in [0.717, 1.165) is 29.9 Å². The van der Waals surface area contributed by atoms with Gasteiger partial charge in [0, 0.05) is 23.8 Å². The fraction of sp³-hybridized carbons (Fsp3) is 0.227. The molecule has 2 amide bonds. The first kappa shape index (κ1) is 20.8. The highest BCUT2D eigenvalue weighted by molar-refractivity contribution is 7.80. The van der Waals surface area contributed by atoms with Gasteiger partial charge in [0.15, 0.2) is 5.11 Å². The molecule has 30 heavy (non-hydrogen) atoms. The van der Waals surface area contributed by atoms with E-state index in [4.69, 9.17) is 35.4 Å². The van der Waals surface area contributed by atoms with E-state index in [1.807, 2.05) is 19.1 Å². The van der Waals surface area contributed by atoms with Crippen LogP contribution in [0.1, 0.15) is 24.0 Å². The van der Waals surface area contributed by atoms with Crippen molar-refractivity contribution in [1.82, 2.24) is 5.32 Å². The third-order valence-electron chi connectivity index (χ3n) is 5.28. The van der Waals surface area contributed by atoms with Gasteiger partial charge in [-0.3, -0.25) is 19.8 Å². The van der Waals surface area contributed by atoms with Crippen molar-refractivity contribution < 1.29 is 9.59 Å². The van der Waals surface area contributed by atoms with Gasteiger partial charge >= 0.3 is 0 Å². The Bertz CT molecular complexity index is 1090. The van der Waals surface area contributed by atoms with Crippen molar-refractivity contribution in [3.05, 3.63) is 63.1 Å². The van der Waals surface area contributed by atoms with E-state index in [9.17, 15) is 9.59 Å². The minimum absolute atomic E-state index is 0.00774. The van der Waals surface area contributed by atoms with Gasteiger partial charge in [0.1, 0.15) is 5.57 Å². The predicted molar refractivity (Wildman–Crippen MR) is 125 cm³/mol. The number of thiocarbonyl (C=S) groups is 1. The molecule has 2 fully saturated rings. The number of anilines is 2. The summed E-state index contributed by atoms with van der Waals surface area (Å²) in [6, 6.07) is 10.8. The van der Waals surface area contributed by atoms with E-state index in [0.29, 0.717) is 10.7 Å². The molecule has 5 nitrogen and oxygen atoms in total. The maximum Gasteiger partial charge on any atom is 0.270 e.